The maximum absolute atomic E-state index is 10.7. The van der Waals surface area contributed by atoms with Gasteiger partial charge in [-0.15, -0.1) is 0 Å². The first kappa shape index (κ1) is 21.4. The number of nitrogens with zero attached hydrogens (tertiary/aromatic N) is 2. The summed E-state index contributed by atoms with van der Waals surface area (Å²) >= 11 is 0. The van der Waals surface area contributed by atoms with Crippen molar-refractivity contribution in [3.63, 3.8) is 0 Å². The van der Waals surface area contributed by atoms with Crippen molar-refractivity contribution in [3.8, 4) is 0 Å². The minimum Gasteiger partial charge on any atom is -0.480 e. The zero-order valence-corrected chi connectivity index (χ0v) is 12.8. The van der Waals surface area contributed by atoms with Crippen LogP contribution < -0.4 is 17.2 Å². The Morgan fingerprint density at radius 3 is 1.95 bits per heavy atom. The molecule has 0 aromatic heterocycles. The Balaban J connectivity index is 0. The zero-order valence-electron chi connectivity index (χ0n) is 12.8. The van der Waals surface area contributed by atoms with Gasteiger partial charge >= 0.3 is 11.9 Å². The lowest BCUT2D eigenvalue weighted by Crippen LogP contribution is -2.35. The molecule has 0 saturated heterocycles. The average Bonchev–Trinajstić information content (AvgIpc) is 2.36. The topological polar surface area (TPSA) is 168 Å². The number of hydrogen-bond donors (Lipinski definition) is 5. The van der Waals surface area contributed by atoms with Gasteiger partial charge in [0.25, 0.3) is 0 Å². The van der Waals surface area contributed by atoms with Crippen molar-refractivity contribution in [1.29, 1.82) is 0 Å². The van der Waals surface area contributed by atoms with Crippen molar-refractivity contribution in [2.45, 2.75) is 38.3 Å². The summed E-state index contributed by atoms with van der Waals surface area (Å²) in [4.78, 5) is 26.0. The second kappa shape index (κ2) is 11.9. The lowest BCUT2D eigenvalue weighted by Gasteiger charge is -2.19. The van der Waals surface area contributed by atoms with Gasteiger partial charge in [0.05, 0.1) is 0 Å². The fourth-order valence-electron chi connectivity index (χ4n) is 1.27. The largest absolute Gasteiger partial charge is 0.480 e. The average molecular weight is 305 g/mol. The van der Waals surface area contributed by atoms with Crippen LogP contribution in [0.4, 0.5) is 0 Å². The van der Waals surface area contributed by atoms with Crippen LogP contribution in [-0.2, 0) is 9.59 Å². The molecule has 0 saturated carbocycles. The Kier molecular flexibility index (Phi) is 12.2. The fraction of sp³-hybridized carbons (Fsp3) is 0.750. The SMILES string of the molecule is CCC(N)C(=O)O.CN(C)C(CCCN=C(N)N)C(=O)O. The molecule has 0 aromatic rings. The number of nitrogens with two attached hydrogens (primary N) is 3. The molecular weight excluding hydrogens is 278 g/mol. The minimum atomic E-state index is -0.928. The van der Waals surface area contributed by atoms with E-state index in [2.05, 4.69) is 4.99 Å². The Bertz CT molecular complexity index is 343. The van der Waals surface area contributed by atoms with E-state index < -0.39 is 24.0 Å². The third kappa shape index (κ3) is 12.9. The van der Waals surface area contributed by atoms with Crippen molar-refractivity contribution in [1.82, 2.24) is 4.90 Å². The van der Waals surface area contributed by atoms with E-state index in [0.29, 0.717) is 25.8 Å². The van der Waals surface area contributed by atoms with E-state index in [4.69, 9.17) is 27.4 Å². The van der Waals surface area contributed by atoms with Crippen molar-refractivity contribution < 1.29 is 19.8 Å². The quantitative estimate of drug-likeness (QED) is 0.213. The van der Waals surface area contributed by atoms with Crippen LogP contribution in [0, 0.1) is 0 Å². The molecule has 0 amide bonds. The highest BCUT2D eigenvalue weighted by Gasteiger charge is 2.18. The molecule has 0 radical (unpaired) electrons. The van der Waals surface area contributed by atoms with E-state index >= 15 is 0 Å². The molecule has 2 atom stereocenters. The maximum atomic E-state index is 10.7. The molecule has 8 N–H and O–H groups in total. The number of carbonyl (C=O) groups is 2. The molecule has 124 valence electrons. The highest BCUT2D eigenvalue weighted by molar-refractivity contribution is 5.75. The van der Waals surface area contributed by atoms with Gasteiger partial charge in [-0.25, -0.2) is 0 Å². The van der Waals surface area contributed by atoms with Crippen LogP contribution in [0.15, 0.2) is 4.99 Å². The van der Waals surface area contributed by atoms with E-state index in [1.165, 1.54) is 0 Å². The Morgan fingerprint density at radius 1 is 1.19 bits per heavy atom. The number of aliphatic imine (C=N–C) groups is 1. The molecule has 0 aliphatic carbocycles. The predicted octanol–water partition coefficient (Wildman–Crippen LogP) is -1.14. The molecule has 0 aliphatic heterocycles. The smallest absolute Gasteiger partial charge is 0.320 e. The van der Waals surface area contributed by atoms with Gasteiger partial charge in [0.1, 0.15) is 12.1 Å². The Morgan fingerprint density at radius 2 is 1.71 bits per heavy atom. The predicted molar refractivity (Wildman–Crippen MR) is 80.9 cm³/mol. The van der Waals surface area contributed by atoms with Crippen LogP contribution in [0.25, 0.3) is 0 Å². The monoisotopic (exact) mass is 305 g/mol. The normalized spacial score (nSPS) is 12.8. The fourth-order valence-corrected chi connectivity index (χ4v) is 1.27. The maximum Gasteiger partial charge on any atom is 0.320 e. The molecular formula is C12H27N5O4. The van der Waals surface area contributed by atoms with E-state index in [1.807, 2.05) is 0 Å². The summed E-state index contributed by atoms with van der Waals surface area (Å²) in [7, 11) is 3.47. The van der Waals surface area contributed by atoms with Crippen molar-refractivity contribution >= 4 is 17.9 Å². The number of carboxylic acids is 2. The third-order valence-corrected chi connectivity index (χ3v) is 2.60. The first-order valence-electron chi connectivity index (χ1n) is 6.56. The van der Waals surface area contributed by atoms with Gasteiger partial charge < -0.3 is 27.4 Å². The standard InChI is InChI=1S/C8H18N4O2.C4H9NO2/c1-12(2)6(7(13)14)4-3-5-11-8(9)10;1-2-3(5)4(6)7/h6H,3-5H2,1-2H3,(H,13,14)(H4,9,10,11);3H,2,5H2,1H3,(H,6,7). The van der Waals surface area contributed by atoms with Gasteiger partial charge in [-0.1, -0.05) is 6.92 Å². The van der Waals surface area contributed by atoms with Gasteiger partial charge in [-0.2, -0.15) is 0 Å². The second-order valence-electron chi connectivity index (χ2n) is 4.62. The van der Waals surface area contributed by atoms with E-state index in [1.54, 1.807) is 25.9 Å². The van der Waals surface area contributed by atoms with Crippen molar-refractivity contribution in [2.75, 3.05) is 20.6 Å². The van der Waals surface area contributed by atoms with Gasteiger partial charge in [0.2, 0.25) is 0 Å². The number of hydrogen-bond acceptors (Lipinski definition) is 5. The molecule has 0 fully saturated rings. The van der Waals surface area contributed by atoms with Crippen LogP contribution >= 0.6 is 0 Å². The highest BCUT2D eigenvalue weighted by Crippen LogP contribution is 2.03. The van der Waals surface area contributed by atoms with Crippen LogP contribution in [0.1, 0.15) is 26.2 Å². The summed E-state index contributed by atoms with van der Waals surface area (Å²) in [5.41, 5.74) is 15.3. The number of guanidine groups is 1. The first-order chi connectivity index (χ1) is 9.63. The van der Waals surface area contributed by atoms with Crippen LogP contribution in [0.5, 0.6) is 0 Å². The molecule has 9 nitrogen and oxygen atoms in total. The van der Waals surface area contributed by atoms with E-state index in [0.717, 1.165) is 0 Å². The summed E-state index contributed by atoms with van der Waals surface area (Å²) in [6.45, 7) is 2.21. The summed E-state index contributed by atoms with van der Waals surface area (Å²) in [5.74, 6) is -1.70. The molecule has 9 heteroatoms. The summed E-state index contributed by atoms with van der Waals surface area (Å²) < 4.78 is 0. The summed E-state index contributed by atoms with van der Waals surface area (Å²) in [5, 5.41) is 16.9. The Labute approximate surface area is 124 Å². The van der Waals surface area contributed by atoms with Crippen LogP contribution in [0.3, 0.4) is 0 Å². The minimum absolute atomic E-state index is 0.0433. The van der Waals surface area contributed by atoms with Crippen molar-refractivity contribution in [3.05, 3.63) is 0 Å². The van der Waals surface area contributed by atoms with Crippen LogP contribution in [-0.4, -0.2) is 65.7 Å². The molecule has 0 rings (SSSR count). The molecule has 0 bridgehead atoms. The molecule has 0 heterocycles. The zero-order chi connectivity index (χ0) is 17.0. The number of carboxylic acid groups (broad SMARTS) is 2. The third-order valence-electron chi connectivity index (χ3n) is 2.60. The molecule has 0 aliphatic rings. The lowest BCUT2D eigenvalue weighted by atomic mass is 10.1. The van der Waals surface area contributed by atoms with Gasteiger partial charge in [-0.05, 0) is 33.4 Å². The van der Waals surface area contributed by atoms with Crippen molar-refractivity contribution in [2.24, 2.45) is 22.2 Å². The summed E-state index contributed by atoms with van der Waals surface area (Å²) in [6, 6.07) is -1.15. The number of rotatable bonds is 8. The lowest BCUT2D eigenvalue weighted by molar-refractivity contribution is -0.142. The van der Waals surface area contributed by atoms with Gasteiger partial charge in [-0.3, -0.25) is 19.5 Å². The molecule has 0 spiro atoms. The molecule has 0 aromatic carbocycles. The van der Waals surface area contributed by atoms with Crippen LogP contribution in [0.2, 0.25) is 0 Å². The second-order valence-corrected chi connectivity index (χ2v) is 4.62. The van der Waals surface area contributed by atoms with E-state index in [9.17, 15) is 9.59 Å². The number of likely N-dealkylation sites (N-methyl/N-ethyl adjacent to an activating group) is 1. The number of aliphatic carboxylic acids is 2. The molecule has 21 heavy (non-hydrogen) atoms. The van der Waals surface area contributed by atoms with Gasteiger partial charge in [0.15, 0.2) is 5.96 Å². The highest BCUT2D eigenvalue weighted by atomic mass is 16.4. The summed E-state index contributed by atoms with van der Waals surface area (Å²) in [6.07, 6.45) is 1.70. The first-order valence-corrected chi connectivity index (χ1v) is 6.56. The molecule has 2 unspecified atom stereocenters. The Hall–Kier alpha value is -1.87. The van der Waals surface area contributed by atoms with E-state index in [-0.39, 0.29) is 5.96 Å². The van der Waals surface area contributed by atoms with Gasteiger partial charge in [0, 0.05) is 6.54 Å².